The number of hydrogen-bond acceptors (Lipinski definition) is 3. The Morgan fingerprint density at radius 1 is 1.40 bits per heavy atom. The van der Waals surface area contributed by atoms with Gasteiger partial charge in [-0.05, 0) is 31.7 Å². The molecule has 0 aromatic heterocycles. The second-order valence-corrected chi connectivity index (χ2v) is 5.39. The summed E-state index contributed by atoms with van der Waals surface area (Å²) in [5.41, 5.74) is -0.487. The van der Waals surface area contributed by atoms with Gasteiger partial charge in [-0.1, -0.05) is 13.8 Å². The van der Waals surface area contributed by atoms with Gasteiger partial charge in [-0.25, -0.2) is 4.39 Å². The number of aryl methyl sites for hydroxylation is 1. The summed E-state index contributed by atoms with van der Waals surface area (Å²) in [6.45, 7) is 7.25. The first-order valence-electron chi connectivity index (χ1n) is 6.47. The molecule has 1 atom stereocenters. The van der Waals surface area contributed by atoms with Crippen molar-refractivity contribution in [3.63, 3.8) is 0 Å². The lowest BCUT2D eigenvalue weighted by atomic mass is 10.0. The molecule has 110 valence electrons. The van der Waals surface area contributed by atoms with E-state index in [4.69, 9.17) is 0 Å². The highest BCUT2D eigenvalue weighted by molar-refractivity contribution is 5.95. The number of carbonyl (C=O) groups is 1. The van der Waals surface area contributed by atoms with Crippen molar-refractivity contribution in [2.24, 2.45) is 5.92 Å². The van der Waals surface area contributed by atoms with Gasteiger partial charge in [0.15, 0.2) is 0 Å². The van der Waals surface area contributed by atoms with Gasteiger partial charge >= 0.3 is 0 Å². The molecule has 1 amide bonds. The summed E-state index contributed by atoms with van der Waals surface area (Å²) in [5.74, 6) is -0.950. The summed E-state index contributed by atoms with van der Waals surface area (Å²) in [6, 6.07) is 1.96. The maximum atomic E-state index is 13.9. The van der Waals surface area contributed by atoms with Crippen molar-refractivity contribution in [2.45, 2.75) is 40.2 Å². The summed E-state index contributed by atoms with van der Waals surface area (Å²) < 4.78 is 13.9. The Morgan fingerprint density at radius 2 is 2.00 bits per heavy atom. The molecule has 1 aromatic rings. The summed E-state index contributed by atoms with van der Waals surface area (Å²) in [5, 5.41) is 13.4. The average molecular weight is 282 g/mol. The lowest BCUT2D eigenvalue weighted by molar-refractivity contribution is -0.385. The molecule has 0 heterocycles. The van der Waals surface area contributed by atoms with Gasteiger partial charge in [0.2, 0.25) is 0 Å². The van der Waals surface area contributed by atoms with E-state index in [1.807, 2.05) is 20.8 Å². The number of halogens is 1. The van der Waals surface area contributed by atoms with Gasteiger partial charge in [0, 0.05) is 18.2 Å². The minimum Gasteiger partial charge on any atom is -0.349 e. The number of hydrogen-bond donors (Lipinski definition) is 1. The Labute approximate surface area is 117 Å². The van der Waals surface area contributed by atoms with Gasteiger partial charge in [-0.3, -0.25) is 14.9 Å². The van der Waals surface area contributed by atoms with Crippen LogP contribution in [-0.4, -0.2) is 16.9 Å². The van der Waals surface area contributed by atoms with E-state index in [0.717, 1.165) is 18.6 Å². The number of nitrogens with zero attached hydrogens (tertiary/aromatic N) is 1. The molecule has 0 fully saturated rings. The third-order valence-corrected chi connectivity index (χ3v) is 2.90. The number of nitro groups is 1. The highest BCUT2D eigenvalue weighted by atomic mass is 19.1. The Kier molecular flexibility index (Phi) is 5.19. The Morgan fingerprint density at radius 3 is 2.50 bits per heavy atom. The zero-order valence-electron chi connectivity index (χ0n) is 12.1. The fraction of sp³-hybridized carbons (Fsp3) is 0.500. The molecule has 5 nitrogen and oxygen atoms in total. The lowest BCUT2D eigenvalue weighted by Crippen LogP contribution is -2.34. The molecule has 0 aliphatic carbocycles. The summed E-state index contributed by atoms with van der Waals surface area (Å²) in [6.07, 6.45) is 0.751. The van der Waals surface area contributed by atoms with Gasteiger partial charge in [0.05, 0.1) is 10.5 Å². The largest absolute Gasteiger partial charge is 0.349 e. The monoisotopic (exact) mass is 282 g/mol. The number of amides is 1. The molecule has 0 saturated heterocycles. The van der Waals surface area contributed by atoms with Crippen LogP contribution in [-0.2, 0) is 0 Å². The molecule has 0 spiro atoms. The van der Waals surface area contributed by atoms with Gasteiger partial charge in [-0.15, -0.1) is 0 Å². The highest BCUT2D eigenvalue weighted by Crippen LogP contribution is 2.21. The molecule has 0 saturated carbocycles. The zero-order chi connectivity index (χ0) is 15.4. The minimum absolute atomic E-state index is 0.0841. The highest BCUT2D eigenvalue weighted by Gasteiger charge is 2.20. The normalized spacial score (nSPS) is 12.3. The smallest absolute Gasteiger partial charge is 0.270 e. The van der Waals surface area contributed by atoms with E-state index >= 15 is 0 Å². The van der Waals surface area contributed by atoms with Gasteiger partial charge in [-0.2, -0.15) is 0 Å². The topological polar surface area (TPSA) is 72.2 Å². The molecule has 0 aliphatic heterocycles. The first-order valence-corrected chi connectivity index (χ1v) is 6.47. The number of nitrogens with one attached hydrogen (secondary N) is 1. The Balaban J connectivity index is 3.00. The third kappa shape index (κ3) is 4.01. The van der Waals surface area contributed by atoms with Gasteiger partial charge < -0.3 is 5.32 Å². The number of rotatable bonds is 5. The van der Waals surface area contributed by atoms with E-state index in [9.17, 15) is 19.3 Å². The van der Waals surface area contributed by atoms with Crippen molar-refractivity contribution in [1.82, 2.24) is 5.32 Å². The van der Waals surface area contributed by atoms with Crippen LogP contribution < -0.4 is 5.32 Å². The van der Waals surface area contributed by atoms with Gasteiger partial charge in [0.1, 0.15) is 5.82 Å². The van der Waals surface area contributed by atoms with E-state index in [-0.39, 0.29) is 22.9 Å². The number of carbonyl (C=O) groups excluding carboxylic acids is 1. The van der Waals surface area contributed by atoms with Crippen molar-refractivity contribution in [1.29, 1.82) is 0 Å². The predicted molar refractivity (Wildman–Crippen MR) is 74.2 cm³/mol. The van der Waals surface area contributed by atoms with Crippen LogP contribution in [0.1, 0.15) is 43.1 Å². The number of nitro benzene ring substituents is 1. The molecular formula is C14H19FN2O3. The molecule has 0 radical (unpaired) electrons. The molecule has 1 aromatic carbocycles. The summed E-state index contributed by atoms with van der Waals surface area (Å²) in [4.78, 5) is 22.1. The summed E-state index contributed by atoms with van der Waals surface area (Å²) >= 11 is 0. The van der Waals surface area contributed by atoms with Crippen molar-refractivity contribution in [2.75, 3.05) is 0 Å². The van der Waals surface area contributed by atoms with E-state index < -0.39 is 16.6 Å². The fourth-order valence-electron chi connectivity index (χ4n) is 2.09. The SMILES string of the molecule is Cc1cc([N+](=O)[O-])cc(C(=O)NC(C)CC(C)C)c1F. The molecule has 6 heteroatoms. The predicted octanol–water partition coefficient (Wildman–Crippen LogP) is 3.21. The van der Waals surface area contributed by atoms with E-state index in [0.29, 0.717) is 5.92 Å². The standard InChI is InChI=1S/C14H19FN2O3/c1-8(2)5-10(4)16-14(18)12-7-11(17(19)20)6-9(3)13(12)15/h6-8,10H,5H2,1-4H3,(H,16,18). The maximum Gasteiger partial charge on any atom is 0.270 e. The first kappa shape index (κ1) is 16.1. The second-order valence-electron chi connectivity index (χ2n) is 5.39. The van der Waals surface area contributed by atoms with Crippen LogP contribution in [0.15, 0.2) is 12.1 Å². The first-order chi connectivity index (χ1) is 9.22. The van der Waals surface area contributed by atoms with E-state index in [2.05, 4.69) is 5.32 Å². The van der Waals surface area contributed by atoms with Crippen LogP contribution in [0, 0.1) is 28.8 Å². The van der Waals surface area contributed by atoms with Crippen molar-refractivity contribution in [3.8, 4) is 0 Å². The number of non-ortho nitro benzene ring substituents is 1. The Hall–Kier alpha value is -1.98. The molecule has 1 N–H and O–H groups in total. The quantitative estimate of drug-likeness (QED) is 0.665. The zero-order valence-corrected chi connectivity index (χ0v) is 12.1. The maximum absolute atomic E-state index is 13.9. The van der Waals surface area contributed by atoms with Crippen LogP contribution in [0.4, 0.5) is 10.1 Å². The minimum atomic E-state index is -0.718. The van der Waals surface area contributed by atoms with Gasteiger partial charge in [0.25, 0.3) is 11.6 Å². The van der Waals surface area contributed by atoms with Crippen molar-refractivity contribution in [3.05, 3.63) is 39.2 Å². The van der Waals surface area contributed by atoms with Crippen LogP contribution in [0.25, 0.3) is 0 Å². The van der Waals surface area contributed by atoms with Crippen molar-refractivity contribution >= 4 is 11.6 Å². The fourth-order valence-corrected chi connectivity index (χ4v) is 2.09. The molecule has 1 rings (SSSR count). The van der Waals surface area contributed by atoms with Crippen molar-refractivity contribution < 1.29 is 14.1 Å². The molecule has 20 heavy (non-hydrogen) atoms. The average Bonchev–Trinajstić information content (AvgIpc) is 2.30. The molecule has 0 aliphatic rings. The van der Waals surface area contributed by atoms with E-state index in [1.54, 1.807) is 0 Å². The molecule has 1 unspecified atom stereocenters. The lowest BCUT2D eigenvalue weighted by Gasteiger charge is -2.16. The van der Waals surface area contributed by atoms with E-state index in [1.165, 1.54) is 6.92 Å². The second kappa shape index (κ2) is 6.45. The third-order valence-electron chi connectivity index (χ3n) is 2.90. The molecular weight excluding hydrogens is 263 g/mol. The van der Waals surface area contributed by atoms with Crippen LogP contribution in [0.3, 0.4) is 0 Å². The summed E-state index contributed by atoms with van der Waals surface area (Å²) in [7, 11) is 0. The van der Waals surface area contributed by atoms with Crippen LogP contribution in [0.5, 0.6) is 0 Å². The van der Waals surface area contributed by atoms with Crippen LogP contribution >= 0.6 is 0 Å². The Bertz CT molecular complexity index is 529. The van der Waals surface area contributed by atoms with Crippen LogP contribution in [0.2, 0.25) is 0 Å². The molecule has 0 bridgehead atoms. The number of benzene rings is 1.